The van der Waals surface area contributed by atoms with Gasteiger partial charge in [-0.15, -0.1) is 0 Å². The second-order valence-electron chi connectivity index (χ2n) is 3.95. The summed E-state index contributed by atoms with van der Waals surface area (Å²) in [6.07, 6.45) is 1.99. The number of carbonyl (C=O) groups is 1. The zero-order valence-electron chi connectivity index (χ0n) is 8.71. The fraction of sp³-hybridized carbons (Fsp3) is 0.417. The van der Waals surface area contributed by atoms with E-state index in [0.29, 0.717) is 12.8 Å². The highest BCUT2D eigenvalue weighted by Crippen LogP contribution is 2.24. The largest absolute Gasteiger partial charge is 0.487 e. The van der Waals surface area contributed by atoms with Crippen molar-refractivity contribution in [2.24, 2.45) is 0 Å². The van der Waals surface area contributed by atoms with E-state index in [0.717, 1.165) is 24.6 Å². The first-order chi connectivity index (χ1) is 7.65. The van der Waals surface area contributed by atoms with Crippen LogP contribution in [0.2, 0.25) is 0 Å². The van der Waals surface area contributed by atoms with Crippen molar-refractivity contribution in [3.63, 3.8) is 0 Å². The Balaban J connectivity index is 2.08. The van der Waals surface area contributed by atoms with Crippen LogP contribution in [0.4, 0.5) is 8.78 Å². The first-order valence-corrected chi connectivity index (χ1v) is 5.28. The van der Waals surface area contributed by atoms with Gasteiger partial charge in [0, 0.05) is 18.9 Å². The summed E-state index contributed by atoms with van der Waals surface area (Å²) in [7, 11) is 0. The second kappa shape index (κ2) is 4.60. The van der Waals surface area contributed by atoms with Gasteiger partial charge in [0.2, 0.25) is 0 Å². The van der Waals surface area contributed by atoms with Crippen LogP contribution in [0.3, 0.4) is 0 Å². The molecule has 1 fully saturated rings. The molecule has 1 aromatic carbocycles. The van der Waals surface area contributed by atoms with Crippen LogP contribution in [-0.4, -0.2) is 11.9 Å². The Kier molecular flexibility index (Phi) is 3.17. The minimum atomic E-state index is -0.598. The molecule has 2 rings (SSSR count). The number of Topliss-reactive ketones (excluding diaryl/α,β-unsaturated/α-hetero) is 1. The fourth-order valence-corrected chi connectivity index (χ4v) is 1.83. The lowest BCUT2D eigenvalue weighted by molar-refractivity contribution is -0.122. The van der Waals surface area contributed by atoms with E-state index in [1.807, 2.05) is 0 Å². The van der Waals surface area contributed by atoms with Crippen molar-refractivity contribution >= 4 is 5.78 Å². The molecule has 1 saturated carbocycles. The van der Waals surface area contributed by atoms with E-state index in [2.05, 4.69) is 0 Å². The predicted molar refractivity (Wildman–Crippen MR) is 54.2 cm³/mol. The summed E-state index contributed by atoms with van der Waals surface area (Å²) >= 11 is 0. The molecule has 2 nitrogen and oxygen atoms in total. The SMILES string of the molecule is O=C1CCCC(Oc2cc(F)ccc2F)C1. The minimum Gasteiger partial charge on any atom is -0.487 e. The number of benzene rings is 1. The highest BCUT2D eigenvalue weighted by molar-refractivity contribution is 5.79. The van der Waals surface area contributed by atoms with Crippen molar-refractivity contribution in [1.29, 1.82) is 0 Å². The van der Waals surface area contributed by atoms with Gasteiger partial charge >= 0.3 is 0 Å². The molecule has 86 valence electrons. The quantitative estimate of drug-likeness (QED) is 0.775. The Morgan fingerprint density at radius 3 is 2.88 bits per heavy atom. The number of rotatable bonds is 2. The smallest absolute Gasteiger partial charge is 0.165 e. The second-order valence-corrected chi connectivity index (χ2v) is 3.95. The maximum atomic E-state index is 13.2. The lowest BCUT2D eigenvalue weighted by Gasteiger charge is -2.22. The zero-order valence-corrected chi connectivity index (χ0v) is 8.71. The van der Waals surface area contributed by atoms with E-state index >= 15 is 0 Å². The summed E-state index contributed by atoms with van der Waals surface area (Å²) in [5, 5.41) is 0. The molecular formula is C12H12F2O2. The maximum Gasteiger partial charge on any atom is 0.165 e. The van der Waals surface area contributed by atoms with Crippen LogP contribution in [0.1, 0.15) is 25.7 Å². The summed E-state index contributed by atoms with van der Waals surface area (Å²) < 4.78 is 31.4. The van der Waals surface area contributed by atoms with E-state index < -0.39 is 11.6 Å². The highest BCUT2D eigenvalue weighted by Gasteiger charge is 2.22. The van der Waals surface area contributed by atoms with Crippen molar-refractivity contribution in [3.8, 4) is 5.75 Å². The normalized spacial score (nSPS) is 20.9. The molecule has 0 aromatic heterocycles. The molecule has 0 bridgehead atoms. The van der Waals surface area contributed by atoms with Crippen LogP contribution in [-0.2, 0) is 4.79 Å². The van der Waals surface area contributed by atoms with E-state index in [1.165, 1.54) is 0 Å². The van der Waals surface area contributed by atoms with Gasteiger partial charge in [0.25, 0.3) is 0 Å². The van der Waals surface area contributed by atoms with Gasteiger partial charge in [0.15, 0.2) is 11.6 Å². The monoisotopic (exact) mass is 226 g/mol. The molecule has 1 atom stereocenters. The molecule has 4 heteroatoms. The Bertz CT molecular complexity index is 404. The average Bonchev–Trinajstić information content (AvgIpc) is 2.24. The van der Waals surface area contributed by atoms with Crippen LogP contribution in [0, 0.1) is 11.6 Å². The molecule has 16 heavy (non-hydrogen) atoms. The first kappa shape index (κ1) is 11.0. The third kappa shape index (κ3) is 2.56. The van der Waals surface area contributed by atoms with Gasteiger partial charge in [0.05, 0.1) is 0 Å². The average molecular weight is 226 g/mol. The summed E-state index contributed by atoms with van der Waals surface area (Å²) in [6, 6.07) is 3.07. The van der Waals surface area contributed by atoms with Crippen LogP contribution in [0.5, 0.6) is 5.75 Å². The molecule has 0 saturated heterocycles. The van der Waals surface area contributed by atoms with E-state index in [-0.39, 0.29) is 24.1 Å². The fourth-order valence-electron chi connectivity index (χ4n) is 1.83. The van der Waals surface area contributed by atoms with Crippen molar-refractivity contribution in [2.45, 2.75) is 31.8 Å². The molecule has 1 aliphatic carbocycles. The van der Waals surface area contributed by atoms with Gasteiger partial charge in [-0.05, 0) is 25.0 Å². The molecule has 0 heterocycles. The molecule has 0 aliphatic heterocycles. The summed E-state index contributed by atoms with van der Waals surface area (Å²) in [6.45, 7) is 0. The highest BCUT2D eigenvalue weighted by atomic mass is 19.1. The summed E-state index contributed by atoms with van der Waals surface area (Å²) in [5.74, 6) is -1.13. The van der Waals surface area contributed by atoms with E-state index in [1.54, 1.807) is 0 Å². The van der Waals surface area contributed by atoms with Crippen LogP contribution < -0.4 is 4.74 Å². The first-order valence-electron chi connectivity index (χ1n) is 5.28. The molecule has 1 aromatic rings. The number of carbonyl (C=O) groups excluding carboxylic acids is 1. The van der Waals surface area contributed by atoms with Gasteiger partial charge in [-0.25, -0.2) is 8.78 Å². The number of hydrogen-bond donors (Lipinski definition) is 0. The maximum absolute atomic E-state index is 13.2. The standard InChI is InChI=1S/C12H12F2O2/c13-8-4-5-11(14)12(6-8)16-10-3-1-2-9(15)7-10/h4-6,10H,1-3,7H2. The Morgan fingerprint density at radius 1 is 1.31 bits per heavy atom. The van der Waals surface area contributed by atoms with Gasteiger partial charge in [-0.3, -0.25) is 4.79 Å². The minimum absolute atomic E-state index is 0.111. The lowest BCUT2D eigenvalue weighted by atomic mass is 9.96. The van der Waals surface area contributed by atoms with Crippen molar-refractivity contribution in [1.82, 2.24) is 0 Å². The number of ketones is 1. The summed E-state index contributed by atoms with van der Waals surface area (Å²) in [4.78, 5) is 11.2. The van der Waals surface area contributed by atoms with Gasteiger partial charge in [-0.2, -0.15) is 0 Å². The van der Waals surface area contributed by atoms with Crippen LogP contribution >= 0.6 is 0 Å². The third-order valence-electron chi connectivity index (χ3n) is 2.62. The van der Waals surface area contributed by atoms with Crippen molar-refractivity contribution in [2.75, 3.05) is 0 Å². The zero-order chi connectivity index (χ0) is 11.5. The number of ether oxygens (including phenoxy) is 1. The topological polar surface area (TPSA) is 26.3 Å². The third-order valence-corrected chi connectivity index (χ3v) is 2.62. The Labute approximate surface area is 92.2 Å². The van der Waals surface area contributed by atoms with Gasteiger partial charge in [-0.1, -0.05) is 0 Å². The number of halogens is 2. The molecule has 0 radical (unpaired) electrons. The predicted octanol–water partition coefficient (Wildman–Crippen LogP) is 2.86. The Hall–Kier alpha value is -1.45. The Morgan fingerprint density at radius 2 is 2.12 bits per heavy atom. The molecule has 0 N–H and O–H groups in total. The molecule has 1 unspecified atom stereocenters. The van der Waals surface area contributed by atoms with Crippen LogP contribution in [0.25, 0.3) is 0 Å². The molecule has 1 aliphatic rings. The summed E-state index contributed by atoms with van der Waals surface area (Å²) in [5.41, 5.74) is 0. The van der Waals surface area contributed by atoms with Gasteiger partial charge < -0.3 is 4.74 Å². The van der Waals surface area contributed by atoms with Crippen molar-refractivity contribution < 1.29 is 18.3 Å². The molecule has 0 spiro atoms. The van der Waals surface area contributed by atoms with E-state index in [4.69, 9.17) is 4.74 Å². The van der Waals surface area contributed by atoms with Crippen LogP contribution in [0.15, 0.2) is 18.2 Å². The number of hydrogen-bond acceptors (Lipinski definition) is 2. The lowest BCUT2D eigenvalue weighted by Crippen LogP contribution is -2.25. The van der Waals surface area contributed by atoms with E-state index in [9.17, 15) is 13.6 Å². The van der Waals surface area contributed by atoms with Gasteiger partial charge in [0.1, 0.15) is 17.7 Å². The van der Waals surface area contributed by atoms with Crippen molar-refractivity contribution in [3.05, 3.63) is 29.8 Å². The molecular weight excluding hydrogens is 214 g/mol. The molecule has 0 amide bonds.